The minimum Gasteiger partial charge on any atom is -0.312 e. The molecule has 0 saturated heterocycles. The van der Waals surface area contributed by atoms with Crippen LogP contribution in [-0.2, 0) is 0 Å². The third kappa shape index (κ3) is 3.46. The van der Waals surface area contributed by atoms with Crippen LogP contribution in [0.5, 0.6) is 0 Å². The Morgan fingerprint density at radius 2 is 1.75 bits per heavy atom. The summed E-state index contributed by atoms with van der Waals surface area (Å²) in [5.74, 6) is 0.999. The predicted octanol–water partition coefficient (Wildman–Crippen LogP) is 2.89. The Morgan fingerprint density at radius 1 is 1.19 bits per heavy atom. The lowest BCUT2D eigenvalue weighted by molar-refractivity contribution is 0.0858. The van der Waals surface area contributed by atoms with Crippen LogP contribution in [0.25, 0.3) is 0 Å². The van der Waals surface area contributed by atoms with Gasteiger partial charge in [-0.05, 0) is 45.8 Å². The summed E-state index contributed by atoms with van der Waals surface area (Å²) in [6, 6.07) is 0.643. The van der Waals surface area contributed by atoms with Crippen LogP contribution in [0.15, 0.2) is 0 Å². The molecule has 1 rings (SSSR count). The van der Waals surface area contributed by atoms with Gasteiger partial charge in [-0.2, -0.15) is 0 Å². The Balaban J connectivity index is 2.63. The second-order valence-corrected chi connectivity index (χ2v) is 5.62. The number of nitrogens with one attached hydrogen (secondary N) is 1. The molecule has 0 aliphatic heterocycles. The highest BCUT2D eigenvalue weighted by atomic mass is 15.2. The second kappa shape index (κ2) is 6.02. The molecule has 16 heavy (non-hydrogen) atoms. The first-order valence-corrected chi connectivity index (χ1v) is 7.04. The van der Waals surface area contributed by atoms with Crippen LogP contribution in [0.4, 0.5) is 0 Å². The zero-order chi connectivity index (χ0) is 12.2. The summed E-state index contributed by atoms with van der Waals surface area (Å²) in [7, 11) is 0. The van der Waals surface area contributed by atoms with Crippen molar-refractivity contribution in [1.82, 2.24) is 10.2 Å². The van der Waals surface area contributed by atoms with E-state index in [1.807, 2.05) is 0 Å². The Bertz CT molecular complexity index is 193. The number of nitrogens with zero attached hydrogens (tertiary/aromatic N) is 1. The zero-order valence-corrected chi connectivity index (χ0v) is 11.8. The summed E-state index contributed by atoms with van der Waals surface area (Å²) >= 11 is 0. The summed E-state index contributed by atoms with van der Waals surface area (Å²) in [4.78, 5) is 2.59. The van der Waals surface area contributed by atoms with Crippen LogP contribution < -0.4 is 5.32 Å². The SMILES string of the molecule is CCNC(CC1CC1)C(C)(C)N(CC)CC. The maximum absolute atomic E-state index is 3.70. The molecule has 1 aliphatic carbocycles. The molecule has 1 fully saturated rings. The number of rotatable bonds is 8. The molecule has 0 radical (unpaired) electrons. The first kappa shape index (κ1) is 14.0. The first-order valence-electron chi connectivity index (χ1n) is 7.04. The molecule has 1 aliphatic rings. The lowest BCUT2D eigenvalue weighted by atomic mass is 9.88. The van der Waals surface area contributed by atoms with Gasteiger partial charge in [-0.1, -0.05) is 33.6 Å². The van der Waals surface area contributed by atoms with Gasteiger partial charge < -0.3 is 5.32 Å². The molecule has 0 heterocycles. The molecular formula is C14H30N2. The topological polar surface area (TPSA) is 15.3 Å². The third-order valence-electron chi connectivity index (χ3n) is 4.15. The smallest absolute Gasteiger partial charge is 0.0306 e. The Kier molecular flexibility index (Phi) is 5.26. The Morgan fingerprint density at radius 3 is 2.12 bits per heavy atom. The minimum absolute atomic E-state index is 0.280. The Hall–Kier alpha value is -0.0800. The van der Waals surface area contributed by atoms with E-state index in [-0.39, 0.29) is 5.54 Å². The molecule has 2 heteroatoms. The van der Waals surface area contributed by atoms with E-state index in [0.717, 1.165) is 25.6 Å². The molecule has 1 unspecified atom stereocenters. The van der Waals surface area contributed by atoms with Crippen molar-refractivity contribution in [1.29, 1.82) is 0 Å². The average molecular weight is 226 g/mol. The number of hydrogen-bond acceptors (Lipinski definition) is 2. The van der Waals surface area contributed by atoms with Gasteiger partial charge in [0, 0.05) is 11.6 Å². The van der Waals surface area contributed by atoms with E-state index in [0.29, 0.717) is 6.04 Å². The summed E-state index contributed by atoms with van der Waals surface area (Å²) < 4.78 is 0. The van der Waals surface area contributed by atoms with Crippen LogP contribution >= 0.6 is 0 Å². The third-order valence-corrected chi connectivity index (χ3v) is 4.15. The van der Waals surface area contributed by atoms with Crippen molar-refractivity contribution in [2.24, 2.45) is 5.92 Å². The van der Waals surface area contributed by atoms with Crippen molar-refractivity contribution in [2.45, 2.75) is 65.5 Å². The van der Waals surface area contributed by atoms with Crippen LogP contribution in [0, 0.1) is 5.92 Å². The molecule has 1 saturated carbocycles. The van der Waals surface area contributed by atoms with Crippen molar-refractivity contribution in [2.75, 3.05) is 19.6 Å². The van der Waals surface area contributed by atoms with Crippen LogP contribution in [0.1, 0.15) is 53.9 Å². The van der Waals surface area contributed by atoms with Gasteiger partial charge in [-0.3, -0.25) is 4.90 Å². The number of likely N-dealkylation sites (N-methyl/N-ethyl adjacent to an activating group) is 2. The highest BCUT2D eigenvalue weighted by molar-refractivity contribution is 4.95. The molecule has 0 aromatic rings. The van der Waals surface area contributed by atoms with Crippen molar-refractivity contribution in [3.05, 3.63) is 0 Å². The van der Waals surface area contributed by atoms with Gasteiger partial charge in [0.05, 0.1) is 0 Å². The molecule has 96 valence electrons. The van der Waals surface area contributed by atoms with Gasteiger partial charge in [0.25, 0.3) is 0 Å². The monoisotopic (exact) mass is 226 g/mol. The van der Waals surface area contributed by atoms with Crippen molar-refractivity contribution in [3.63, 3.8) is 0 Å². The molecular weight excluding hydrogens is 196 g/mol. The van der Waals surface area contributed by atoms with Gasteiger partial charge in [0.1, 0.15) is 0 Å². The normalized spacial score (nSPS) is 19.1. The van der Waals surface area contributed by atoms with Crippen LogP contribution in [-0.4, -0.2) is 36.1 Å². The van der Waals surface area contributed by atoms with Crippen molar-refractivity contribution >= 4 is 0 Å². The molecule has 0 bridgehead atoms. The van der Waals surface area contributed by atoms with E-state index in [1.165, 1.54) is 19.3 Å². The van der Waals surface area contributed by atoms with E-state index < -0.39 is 0 Å². The lowest BCUT2D eigenvalue weighted by Gasteiger charge is -2.44. The number of hydrogen-bond donors (Lipinski definition) is 1. The average Bonchev–Trinajstić information content (AvgIpc) is 3.02. The minimum atomic E-state index is 0.280. The lowest BCUT2D eigenvalue weighted by Crippen LogP contribution is -2.57. The standard InChI is InChI=1S/C14H30N2/c1-6-15-13(11-12-9-10-12)14(4,5)16(7-2)8-3/h12-13,15H,6-11H2,1-5H3. The highest BCUT2D eigenvalue weighted by Crippen LogP contribution is 2.36. The van der Waals surface area contributed by atoms with Gasteiger partial charge >= 0.3 is 0 Å². The molecule has 0 amide bonds. The van der Waals surface area contributed by atoms with Gasteiger partial charge in [0.15, 0.2) is 0 Å². The quantitative estimate of drug-likeness (QED) is 0.684. The zero-order valence-electron chi connectivity index (χ0n) is 11.8. The molecule has 0 aromatic carbocycles. The second-order valence-electron chi connectivity index (χ2n) is 5.62. The molecule has 0 spiro atoms. The molecule has 1 atom stereocenters. The maximum atomic E-state index is 3.70. The predicted molar refractivity (Wildman–Crippen MR) is 71.8 cm³/mol. The van der Waals surface area contributed by atoms with Crippen molar-refractivity contribution < 1.29 is 0 Å². The summed E-state index contributed by atoms with van der Waals surface area (Å²) in [6.07, 6.45) is 4.27. The maximum Gasteiger partial charge on any atom is 0.0306 e. The van der Waals surface area contributed by atoms with E-state index in [9.17, 15) is 0 Å². The molecule has 2 nitrogen and oxygen atoms in total. The van der Waals surface area contributed by atoms with Crippen molar-refractivity contribution in [3.8, 4) is 0 Å². The molecule has 1 N–H and O–H groups in total. The molecule has 0 aromatic heterocycles. The summed E-state index contributed by atoms with van der Waals surface area (Å²) in [5, 5.41) is 3.70. The summed E-state index contributed by atoms with van der Waals surface area (Å²) in [5.41, 5.74) is 0.280. The largest absolute Gasteiger partial charge is 0.312 e. The highest BCUT2D eigenvalue weighted by Gasteiger charge is 2.37. The van der Waals surface area contributed by atoms with Crippen LogP contribution in [0.2, 0.25) is 0 Å². The van der Waals surface area contributed by atoms with E-state index in [2.05, 4.69) is 44.8 Å². The fourth-order valence-corrected chi connectivity index (χ4v) is 2.81. The van der Waals surface area contributed by atoms with Gasteiger partial charge in [0.2, 0.25) is 0 Å². The Labute approximate surface area is 102 Å². The van der Waals surface area contributed by atoms with E-state index in [4.69, 9.17) is 0 Å². The van der Waals surface area contributed by atoms with E-state index in [1.54, 1.807) is 0 Å². The van der Waals surface area contributed by atoms with Gasteiger partial charge in [-0.25, -0.2) is 0 Å². The fourth-order valence-electron chi connectivity index (χ4n) is 2.81. The first-order chi connectivity index (χ1) is 7.56. The van der Waals surface area contributed by atoms with Crippen LogP contribution in [0.3, 0.4) is 0 Å². The summed E-state index contributed by atoms with van der Waals surface area (Å²) in [6.45, 7) is 14.9. The van der Waals surface area contributed by atoms with E-state index >= 15 is 0 Å². The van der Waals surface area contributed by atoms with Gasteiger partial charge in [-0.15, -0.1) is 0 Å². The fraction of sp³-hybridized carbons (Fsp3) is 1.00.